The quantitative estimate of drug-likeness (QED) is 0.682. The van der Waals surface area contributed by atoms with Crippen molar-refractivity contribution >= 4 is 5.91 Å². The van der Waals surface area contributed by atoms with Crippen LogP contribution in [0.5, 0.6) is 0 Å². The van der Waals surface area contributed by atoms with Crippen LogP contribution in [-0.2, 0) is 11.3 Å². The number of carbonyl (C=O) groups is 1. The van der Waals surface area contributed by atoms with E-state index in [0.29, 0.717) is 5.69 Å². The van der Waals surface area contributed by atoms with Crippen LogP contribution >= 0.6 is 0 Å². The van der Waals surface area contributed by atoms with Crippen molar-refractivity contribution in [3.05, 3.63) is 90.0 Å². The number of likely N-dealkylation sites (tertiary alicyclic amines) is 1. The fourth-order valence-electron chi connectivity index (χ4n) is 3.80. The maximum atomic E-state index is 13.4. The molecule has 0 aliphatic carbocycles. The highest BCUT2D eigenvalue weighted by Gasteiger charge is 2.28. The van der Waals surface area contributed by atoms with Crippen LogP contribution in [0.15, 0.2) is 67.4 Å². The van der Waals surface area contributed by atoms with Gasteiger partial charge < -0.3 is 5.32 Å². The van der Waals surface area contributed by atoms with Gasteiger partial charge in [-0.3, -0.25) is 24.6 Å². The number of halogens is 1. The lowest BCUT2D eigenvalue weighted by Gasteiger charge is -2.32. The molecule has 30 heavy (non-hydrogen) atoms. The summed E-state index contributed by atoms with van der Waals surface area (Å²) in [4.78, 5) is 27.9. The highest BCUT2D eigenvalue weighted by Crippen LogP contribution is 2.24. The molecule has 7 heteroatoms. The average Bonchev–Trinajstić information content (AvgIpc) is 2.80. The highest BCUT2D eigenvalue weighted by atomic mass is 19.1. The molecule has 1 saturated heterocycles. The van der Waals surface area contributed by atoms with Crippen molar-refractivity contribution in [1.82, 2.24) is 25.2 Å². The molecule has 1 aliphatic rings. The largest absolute Gasteiger partial charge is 0.343 e. The van der Waals surface area contributed by atoms with Crippen molar-refractivity contribution in [2.75, 3.05) is 13.1 Å². The molecule has 1 N–H and O–H groups in total. The Bertz CT molecular complexity index is 944. The van der Waals surface area contributed by atoms with Gasteiger partial charge in [-0.2, -0.15) is 0 Å². The second-order valence-electron chi connectivity index (χ2n) is 7.53. The van der Waals surface area contributed by atoms with Crippen LogP contribution < -0.4 is 5.32 Å². The molecule has 2 aromatic heterocycles. The first-order valence-corrected chi connectivity index (χ1v) is 10.1. The van der Waals surface area contributed by atoms with Gasteiger partial charge in [-0.05, 0) is 61.3 Å². The van der Waals surface area contributed by atoms with Crippen molar-refractivity contribution < 1.29 is 9.18 Å². The van der Waals surface area contributed by atoms with Crippen LogP contribution in [0.25, 0.3) is 0 Å². The minimum Gasteiger partial charge on any atom is -0.343 e. The molecule has 3 heterocycles. The van der Waals surface area contributed by atoms with E-state index in [0.717, 1.165) is 38.0 Å². The lowest BCUT2D eigenvalue weighted by atomic mass is 9.94. The third kappa shape index (κ3) is 5.04. The van der Waals surface area contributed by atoms with E-state index in [2.05, 4.69) is 25.2 Å². The number of nitrogens with one attached hydrogen (secondary N) is 1. The lowest BCUT2D eigenvalue weighted by molar-refractivity contribution is -0.127. The zero-order valence-corrected chi connectivity index (χ0v) is 16.6. The first-order chi connectivity index (χ1) is 14.7. The van der Waals surface area contributed by atoms with E-state index < -0.39 is 6.04 Å². The van der Waals surface area contributed by atoms with Crippen molar-refractivity contribution in [2.45, 2.75) is 25.4 Å². The molecule has 4 rings (SSSR count). The number of piperidine rings is 1. The van der Waals surface area contributed by atoms with Crippen molar-refractivity contribution in [3.63, 3.8) is 0 Å². The van der Waals surface area contributed by atoms with Gasteiger partial charge in [0.1, 0.15) is 5.82 Å². The first-order valence-electron chi connectivity index (χ1n) is 10.1. The van der Waals surface area contributed by atoms with E-state index in [9.17, 15) is 9.18 Å². The third-order valence-electron chi connectivity index (χ3n) is 5.48. The molecule has 1 aromatic carbocycles. The van der Waals surface area contributed by atoms with Gasteiger partial charge in [-0.25, -0.2) is 4.39 Å². The van der Waals surface area contributed by atoms with Gasteiger partial charge in [0.05, 0.1) is 17.9 Å². The molecule has 1 aliphatic heterocycles. The molecule has 6 nitrogen and oxygen atoms in total. The molecule has 0 bridgehead atoms. The number of pyridine rings is 1. The molecular weight excluding hydrogens is 381 g/mol. The normalized spacial score (nSPS) is 16.2. The topological polar surface area (TPSA) is 71.0 Å². The molecular formula is C23H24FN5O. The maximum Gasteiger partial charge on any atom is 0.224 e. The van der Waals surface area contributed by atoms with Crippen LogP contribution in [0.3, 0.4) is 0 Å². The van der Waals surface area contributed by atoms with Crippen molar-refractivity contribution in [2.24, 2.45) is 5.92 Å². The van der Waals surface area contributed by atoms with E-state index in [1.54, 1.807) is 43.1 Å². The molecule has 0 radical (unpaired) electrons. The Labute approximate surface area is 175 Å². The average molecular weight is 405 g/mol. The summed E-state index contributed by atoms with van der Waals surface area (Å²) in [5.74, 6) is -0.374. The van der Waals surface area contributed by atoms with Gasteiger partial charge in [-0.15, -0.1) is 0 Å². The number of nitrogens with zero attached hydrogens (tertiary/aromatic N) is 4. The summed E-state index contributed by atoms with van der Waals surface area (Å²) >= 11 is 0. The molecule has 0 spiro atoms. The van der Waals surface area contributed by atoms with Gasteiger partial charge in [-0.1, -0.05) is 12.1 Å². The summed E-state index contributed by atoms with van der Waals surface area (Å²) in [6, 6.07) is 9.71. The predicted molar refractivity (Wildman–Crippen MR) is 111 cm³/mol. The summed E-state index contributed by atoms with van der Waals surface area (Å²) in [6.45, 7) is 2.61. The second kappa shape index (κ2) is 9.54. The predicted octanol–water partition coefficient (Wildman–Crippen LogP) is 3.13. The third-order valence-corrected chi connectivity index (χ3v) is 5.48. The van der Waals surface area contributed by atoms with E-state index in [1.165, 1.54) is 17.7 Å². The Morgan fingerprint density at radius 2 is 1.77 bits per heavy atom. The van der Waals surface area contributed by atoms with Gasteiger partial charge in [0.25, 0.3) is 0 Å². The van der Waals surface area contributed by atoms with Crippen LogP contribution in [-0.4, -0.2) is 38.8 Å². The monoisotopic (exact) mass is 405 g/mol. The van der Waals surface area contributed by atoms with Crippen molar-refractivity contribution in [3.8, 4) is 0 Å². The highest BCUT2D eigenvalue weighted by molar-refractivity contribution is 5.79. The molecule has 154 valence electrons. The van der Waals surface area contributed by atoms with E-state index in [1.807, 2.05) is 12.1 Å². The minimum atomic E-state index is -0.457. The standard InChI is InChI=1S/C23H24FN5O/c24-20-3-1-18(2-4-20)22(21-15-26-11-12-27-21)28-23(30)19-7-13-29(14-8-19)16-17-5-9-25-10-6-17/h1-6,9-12,15,19,22H,7-8,13-14,16H2,(H,28,30). The number of carbonyl (C=O) groups excluding carboxylic acids is 1. The zero-order chi connectivity index (χ0) is 20.8. The van der Waals surface area contributed by atoms with E-state index in [-0.39, 0.29) is 17.6 Å². The first kappa shape index (κ1) is 20.1. The van der Waals surface area contributed by atoms with Gasteiger partial charge in [0, 0.05) is 37.3 Å². The number of amides is 1. The molecule has 1 atom stereocenters. The number of hydrogen-bond donors (Lipinski definition) is 1. The van der Waals surface area contributed by atoms with Crippen LogP contribution in [0.1, 0.15) is 35.7 Å². The number of rotatable bonds is 6. The maximum absolute atomic E-state index is 13.4. The van der Waals surface area contributed by atoms with E-state index in [4.69, 9.17) is 0 Å². The van der Waals surface area contributed by atoms with E-state index >= 15 is 0 Å². The zero-order valence-electron chi connectivity index (χ0n) is 16.6. The van der Waals surface area contributed by atoms with Crippen LogP contribution in [0, 0.1) is 11.7 Å². The van der Waals surface area contributed by atoms with Gasteiger partial charge in [0.2, 0.25) is 5.91 Å². The summed E-state index contributed by atoms with van der Waals surface area (Å²) in [5.41, 5.74) is 2.64. The molecule has 0 saturated carbocycles. The minimum absolute atomic E-state index is 0.00135. The molecule has 1 unspecified atom stereocenters. The fourth-order valence-corrected chi connectivity index (χ4v) is 3.80. The Hall–Kier alpha value is -3.19. The summed E-state index contributed by atoms with van der Waals surface area (Å²) in [6.07, 6.45) is 10.0. The lowest BCUT2D eigenvalue weighted by Crippen LogP contribution is -2.41. The fraction of sp³-hybridized carbons (Fsp3) is 0.304. The van der Waals surface area contributed by atoms with Crippen LogP contribution in [0.2, 0.25) is 0 Å². The Kier molecular flexibility index (Phi) is 6.39. The molecule has 1 amide bonds. The Morgan fingerprint density at radius 3 is 2.43 bits per heavy atom. The van der Waals surface area contributed by atoms with Crippen molar-refractivity contribution in [1.29, 1.82) is 0 Å². The van der Waals surface area contributed by atoms with Gasteiger partial charge >= 0.3 is 0 Å². The number of aromatic nitrogens is 3. The second-order valence-corrected chi connectivity index (χ2v) is 7.53. The van der Waals surface area contributed by atoms with Gasteiger partial charge in [0.15, 0.2) is 0 Å². The SMILES string of the molecule is O=C(NC(c1ccc(F)cc1)c1cnccn1)C1CCN(Cc2ccncc2)CC1. The Morgan fingerprint density at radius 1 is 1.03 bits per heavy atom. The van der Waals surface area contributed by atoms with Crippen LogP contribution in [0.4, 0.5) is 4.39 Å². The summed E-state index contributed by atoms with van der Waals surface area (Å²) in [5, 5.41) is 3.11. The Balaban J connectivity index is 1.40. The number of hydrogen-bond acceptors (Lipinski definition) is 5. The number of benzene rings is 1. The summed E-state index contributed by atoms with van der Waals surface area (Å²) in [7, 11) is 0. The molecule has 3 aromatic rings. The molecule has 1 fully saturated rings. The summed E-state index contributed by atoms with van der Waals surface area (Å²) < 4.78 is 13.4. The smallest absolute Gasteiger partial charge is 0.224 e.